The molecule has 1 rings (SSSR count). The van der Waals surface area contributed by atoms with E-state index in [1.165, 1.54) is 0 Å². The lowest BCUT2D eigenvalue weighted by atomic mass is 9.89. The van der Waals surface area contributed by atoms with Crippen LogP contribution in [0.1, 0.15) is 51.2 Å². The smallest absolute Gasteiger partial charge is 0.0832 e. The van der Waals surface area contributed by atoms with Gasteiger partial charge < -0.3 is 5.11 Å². The molecule has 96 valence electrons. The number of benzene rings is 1. The normalized spacial score (nSPS) is 14.6. The van der Waals surface area contributed by atoms with Crippen molar-refractivity contribution in [2.75, 3.05) is 0 Å². The summed E-state index contributed by atoms with van der Waals surface area (Å²) >= 11 is 12.1. The van der Waals surface area contributed by atoms with Gasteiger partial charge in [-0.2, -0.15) is 0 Å². The first-order valence-corrected chi connectivity index (χ1v) is 6.98. The predicted octanol–water partition coefficient (Wildman–Crippen LogP) is 5.24. The lowest BCUT2D eigenvalue weighted by Crippen LogP contribution is -2.12. The molecule has 1 N–H and O–H groups in total. The summed E-state index contributed by atoms with van der Waals surface area (Å²) in [5, 5.41) is 11.6. The van der Waals surface area contributed by atoms with Crippen LogP contribution in [0.3, 0.4) is 0 Å². The van der Waals surface area contributed by atoms with Crippen molar-refractivity contribution < 1.29 is 5.11 Å². The van der Waals surface area contributed by atoms with Gasteiger partial charge in [-0.1, -0.05) is 56.3 Å². The molecule has 0 saturated carbocycles. The second kappa shape index (κ2) is 7.25. The van der Waals surface area contributed by atoms with Crippen LogP contribution in [0.5, 0.6) is 0 Å². The Morgan fingerprint density at radius 1 is 1.24 bits per heavy atom. The van der Waals surface area contributed by atoms with E-state index in [0.717, 1.165) is 31.2 Å². The van der Waals surface area contributed by atoms with E-state index in [1.54, 1.807) is 18.2 Å². The highest BCUT2D eigenvalue weighted by Crippen LogP contribution is 2.34. The molecule has 1 aromatic rings. The summed E-state index contributed by atoms with van der Waals surface area (Å²) in [6.07, 6.45) is 3.74. The molecule has 3 heteroatoms. The van der Waals surface area contributed by atoms with Crippen LogP contribution in [0.2, 0.25) is 10.0 Å². The van der Waals surface area contributed by atoms with E-state index >= 15 is 0 Å². The van der Waals surface area contributed by atoms with E-state index in [4.69, 9.17) is 23.2 Å². The van der Waals surface area contributed by atoms with E-state index in [-0.39, 0.29) is 5.92 Å². The fourth-order valence-corrected chi connectivity index (χ4v) is 2.46. The van der Waals surface area contributed by atoms with Gasteiger partial charge in [0.2, 0.25) is 0 Å². The molecule has 0 aliphatic rings. The van der Waals surface area contributed by atoms with Crippen molar-refractivity contribution in [3.8, 4) is 0 Å². The highest BCUT2D eigenvalue weighted by atomic mass is 35.5. The van der Waals surface area contributed by atoms with Crippen LogP contribution in [-0.4, -0.2) is 5.11 Å². The molecule has 0 aliphatic carbocycles. The molecule has 0 spiro atoms. The summed E-state index contributed by atoms with van der Waals surface area (Å²) in [5.74, 6) is 0.255. The Labute approximate surface area is 114 Å². The minimum Gasteiger partial charge on any atom is -0.388 e. The van der Waals surface area contributed by atoms with Gasteiger partial charge in [-0.15, -0.1) is 0 Å². The van der Waals surface area contributed by atoms with Crippen molar-refractivity contribution in [1.82, 2.24) is 0 Å². The number of rotatable bonds is 6. The molecule has 1 nitrogen and oxygen atoms in total. The zero-order valence-corrected chi connectivity index (χ0v) is 11.9. The number of aliphatic hydroxyl groups is 1. The zero-order valence-electron chi connectivity index (χ0n) is 10.4. The first-order valence-electron chi connectivity index (χ1n) is 6.23. The molecule has 0 aliphatic heterocycles. The summed E-state index contributed by atoms with van der Waals surface area (Å²) in [4.78, 5) is 0. The second-order valence-electron chi connectivity index (χ2n) is 4.42. The third-order valence-electron chi connectivity index (χ3n) is 3.18. The Hall–Kier alpha value is -0.240. The van der Waals surface area contributed by atoms with Crippen LogP contribution in [-0.2, 0) is 0 Å². The number of aliphatic hydroxyl groups excluding tert-OH is 1. The van der Waals surface area contributed by atoms with Crippen LogP contribution in [0.15, 0.2) is 18.2 Å². The monoisotopic (exact) mass is 274 g/mol. The first-order chi connectivity index (χ1) is 8.10. The van der Waals surface area contributed by atoms with Crippen LogP contribution in [0, 0.1) is 5.92 Å². The molecule has 0 radical (unpaired) electrons. The molecule has 1 aromatic carbocycles. The Morgan fingerprint density at radius 3 is 2.53 bits per heavy atom. The zero-order chi connectivity index (χ0) is 12.8. The SMILES string of the molecule is CCCCC(CC)C(O)c1cc(Cl)ccc1Cl. The largest absolute Gasteiger partial charge is 0.388 e. The standard InChI is InChI=1S/C14H20Cl2O/c1-3-5-6-10(4-2)14(17)12-9-11(15)7-8-13(12)16/h7-10,14,17H,3-6H2,1-2H3. The Morgan fingerprint density at radius 2 is 1.94 bits per heavy atom. The summed E-state index contributed by atoms with van der Waals surface area (Å²) < 4.78 is 0. The summed E-state index contributed by atoms with van der Waals surface area (Å²) in [6, 6.07) is 5.26. The summed E-state index contributed by atoms with van der Waals surface area (Å²) in [7, 11) is 0. The van der Waals surface area contributed by atoms with Gasteiger partial charge in [0.25, 0.3) is 0 Å². The molecule has 0 fully saturated rings. The van der Waals surface area contributed by atoms with Crippen molar-refractivity contribution >= 4 is 23.2 Å². The fourth-order valence-electron chi connectivity index (χ4n) is 2.05. The van der Waals surface area contributed by atoms with E-state index in [0.29, 0.717) is 10.0 Å². The van der Waals surface area contributed by atoms with Gasteiger partial charge in [0.05, 0.1) is 6.10 Å². The van der Waals surface area contributed by atoms with E-state index < -0.39 is 6.10 Å². The van der Waals surface area contributed by atoms with Crippen LogP contribution < -0.4 is 0 Å². The fraction of sp³-hybridized carbons (Fsp3) is 0.571. The topological polar surface area (TPSA) is 20.2 Å². The highest BCUT2D eigenvalue weighted by molar-refractivity contribution is 6.33. The van der Waals surface area contributed by atoms with Crippen LogP contribution in [0.4, 0.5) is 0 Å². The molecule has 0 heterocycles. The van der Waals surface area contributed by atoms with Gasteiger partial charge >= 0.3 is 0 Å². The molecule has 17 heavy (non-hydrogen) atoms. The summed E-state index contributed by atoms with van der Waals surface area (Å²) in [6.45, 7) is 4.26. The average Bonchev–Trinajstić information content (AvgIpc) is 2.33. The van der Waals surface area contributed by atoms with Gasteiger partial charge in [0, 0.05) is 15.6 Å². The second-order valence-corrected chi connectivity index (χ2v) is 5.26. The van der Waals surface area contributed by atoms with E-state index in [9.17, 15) is 5.11 Å². The van der Waals surface area contributed by atoms with Gasteiger partial charge in [-0.05, 0) is 30.5 Å². The van der Waals surface area contributed by atoms with Crippen LogP contribution in [0.25, 0.3) is 0 Å². The maximum Gasteiger partial charge on any atom is 0.0832 e. The third kappa shape index (κ3) is 4.17. The third-order valence-corrected chi connectivity index (χ3v) is 3.76. The maximum atomic E-state index is 10.4. The Balaban J connectivity index is 2.85. The molecular formula is C14H20Cl2O. The van der Waals surface area contributed by atoms with Crippen molar-refractivity contribution in [3.63, 3.8) is 0 Å². The molecule has 0 amide bonds. The molecule has 0 saturated heterocycles. The van der Waals surface area contributed by atoms with E-state index in [2.05, 4.69) is 13.8 Å². The van der Waals surface area contributed by atoms with Crippen LogP contribution >= 0.6 is 23.2 Å². The van der Waals surface area contributed by atoms with Gasteiger partial charge in [0.15, 0.2) is 0 Å². The molecular weight excluding hydrogens is 255 g/mol. The lowest BCUT2D eigenvalue weighted by Gasteiger charge is -2.22. The quantitative estimate of drug-likeness (QED) is 0.752. The molecule has 0 aromatic heterocycles. The lowest BCUT2D eigenvalue weighted by molar-refractivity contribution is 0.0990. The Kier molecular flexibility index (Phi) is 6.32. The minimum atomic E-state index is -0.516. The van der Waals surface area contributed by atoms with Crippen molar-refractivity contribution in [2.45, 2.75) is 45.6 Å². The van der Waals surface area contributed by atoms with Gasteiger partial charge in [0.1, 0.15) is 0 Å². The number of hydrogen-bond acceptors (Lipinski definition) is 1. The summed E-state index contributed by atoms with van der Waals surface area (Å²) in [5.41, 5.74) is 0.752. The van der Waals surface area contributed by atoms with Crippen molar-refractivity contribution in [2.24, 2.45) is 5.92 Å². The number of hydrogen-bond donors (Lipinski definition) is 1. The minimum absolute atomic E-state index is 0.255. The van der Waals surface area contributed by atoms with Crippen molar-refractivity contribution in [3.05, 3.63) is 33.8 Å². The van der Waals surface area contributed by atoms with Gasteiger partial charge in [-0.3, -0.25) is 0 Å². The average molecular weight is 275 g/mol. The van der Waals surface area contributed by atoms with Crippen molar-refractivity contribution in [1.29, 1.82) is 0 Å². The number of unbranched alkanes of at least 4 members (excludes halogenated alkanes) is 1. The molecule has 2 unspecified atom stereocenters. The first kappa shape index (κ1) is 14.8. The maximum absolute atomic E-state index is 10.4. The van der Waals surface area contributed by atoms with Gasteiger partial charge in [-0.25, -0.2) is 0 Å². The number of halogens is 2. The highest BCUT2D eigenvalue weighted by Gasteiger charge is 2.21. The molecule has 0 bridgehead atoms. The molecule has 2 atom stereocenters. The Bertz CT molecular complexity index is 352. The van der Waals surface area contributed by atoms with E-state index in [1.807, 2.05) is 0 Å². The predicted molar refractivity (Wildman–Crippen MR) is 74.7 cm³/mol.